The molecule has 3 atom stereocenters. The average Bonchev–Trinajstić information content (AvgIpc) is 2.83. The van der Waals surface area contributed by atoms with Crippen LogP contribution in [0, 0.1) is 11.8 Å². The SMILES string of the molecule is CCCNC(=O)CNC(=O)C(Cc1ccccc1)CN1CCC(C)(c2cccc(O)c2)C(C)C1. The van der Waals surface area contributed by atoms with Gasteiger partial charge in [0.15, 0.2) is 0 Å². The van der Waals surface area contributed by atoms with Gasteiger partial charge in [0.2, 0.25) is 11.8 Å². The largest absolute Gasteiger partial charge is 0.508 e. The van der Waals surface area contributed by atoms with Crippen LogP contribution in [0.4, 0.5) is 0 Å². The maximum atomic E-state index is 13.1. The van der Waals surface area contributed by atoms with E-state index in [4.69, 9.17) is 0 Å². The number of carbonyl (C=O) groups excluding carboxylic acids is 2. The lowest BCUT2D eigenvalue weighted by Crippen LogP contribution is -2.50. The molecular formula is C28H39N3O3. The average molecular weight is 466 g/mol. The zero-order valence-electron chi connectivity index (χ0n) is 20.7. The highest BCUT2D eigenvalue weighted by molar-refractivity contribution is 5.86. The van der Waals surface area contributed by atoms with Gasteiger partial charge in [-0.15, -0.1) is 0 Å². The Hall–Kier alpha value is -2.86. The maximum Gasteiger partial charge on any atom is 0.239 e. The van der Waals surface area contributed by atoms with E-state index in [1.807, 2.05) is 49.4 Å². The molecular weight excluding hydrogens is 426 g/mol. The predicted molar refractivity (Wildman–Crippen MR) is 136 cm³/mol. The van der Waals surface area contributed by atoms with Crippen molar-refractivity contribution >= 4 is 11.8 Å². The highest BCUT2D eigenvalue weighted by Gasteiger charge is 2.39. The van der Waals surface area contributed by atoms with Crippen molar-refractivity contribution in [2.45, 2.75) is 45.4 Å². The Bertz CT molecular complexity index is 949. The molecule has 3 N–H and O–H groups in total. The molecule has 184 valence electrons. The number of rotatable bonds is 10. The molecule has 1 heterocycles. The summed E-state index contributed by atoms with van der Waals surface area (Å²) in [5, 5.41) is 15.6. The number of phenolic OH excluding ortho intramolecular Hbond substituents is 1. The number of benzene rings is 2. The predicted octanol–water partition coefficient (Wildman–Crippen LogP) is 3.49. The van der Waals surface area contributed by atoms with Crippen LogP contribution in [0.3, 0.4) is 0 Å². The van der Waals surface area contributed by atoms with Crippen molar-refractivity contribution in [2.24, 2.45) is 11.8 Å². The molecule has 0 spiro atoms. The molecule has 3 rings (SSSR count). The Balaban J connectivity index is 1.66. The van der Waals surface area contributed by atoms with Gasteiger partial charge >= 0.3 is 0 Å². The lowest BCUT2D eigenvalue weighted by atomic mass is 9.68. The molecule has 6 nitrogen and oxygen atoms in total. The van der Waals surface area contributed by atoms with Crippen LogP contribution < -0.4 is 10.6 Å². The molecule has 1 saturated heterocycles. The first-order chi connectivity index (χ1) is 16.3. The fourth-order valence-corrected chi connectivity index (χ4v) is 4.86. The normalized spacial score (nSPS) is 21.6. The van der Waals surface area contributed by atoms with Crippen molar-refractivity contribution in [3.05, 3.63) is 65.7 Å². The molecule has 2 aromatic carbocycles. The Morgan fingerprint density at radius 1 is 1.15 bits per heavy atom. The molecule has 1 aliphatic rings. The second-order valence-electron chi connectivity index (χ2n) is 9.83. The monoisotopic (exact) mass is 465 g/mol. The number of piperidine rings is 1. The van der Waals surface area contributed by atoms with Crippen LogP contribution in [-0.4, -0.2) is 54.5 Å². The van der Waals surface area contributed by atoms with Gasteiger partial charge in [0.1, 0.15) is 5.75 Å². The summed E-state index contributed by atoms with van der Waals surface area (Å²) in [6.45, 7) is 9.56. The summed E-state index contributed by atoms with van der Waals surface area (Å²) in [5.41, 5.74) is 2.26. The van der Waals surface area contributed by atoms with E-state index in [0.29, 0.717) is 31.2 Å². The van der Waals surface area contributed by atoms with Crippen molar-refractivity contribution in [3.63, 3.8) is 0 Å². The molecule has 34 heavy (non-hydrogen) atoms. The van der Waals surface area contributed by atoms with Crippen LogP contribution in [0.2, 0.25) is 0 Å². The summed E-state index contributed by atoms with van der Waals surface area (Å²) in [6, 6.07) is 17.7. The molecule has 0 radical (unpaired) electrons. The molecule has 6 heteroatoms. The Morgan fingerprint density at radius 2 is 1.91 bits per heavy atom. The van der Waals surface area contributed by atoms with E-state index in [9.17, 15) is 14.7 Å². The van der Waals surface area contributed by atoms with Crippen LogP contribution >= 0.6 is 0 Å². The third kappa shape index (κ3) is 6.83. The van der Waals surface area contributed by atoms with Gasteiger partial charge in [0.05, 0.1) is 12.5 Å². The minimum absolute atomic E-state index is 0.0100. The number of likely N-dealkylation sites (tertiary alicyclic amines) is 1. The standard InChI is InChI=1S/C28H39N3O3/c1-4-14-29-26(33)18-30-27(34)23(16-22-9-6-5-7-10-22)20-31-15-13-28(3,21(2)19-31)24-11-8-12-25(32)17-24/h5-12,17,21,23,32H,4,13-16,18-20H2,1-3H3,(H,29,33)(H,30,34). The third-order valence-corrected chi connectivity index (χ3v) is 7.24. The number of carbonyl (C=O) groups is 2. The molecule has 2 amide bonds. The van der Waals surface area contributed by atoms with Gasteiger partial charge in [-0.3, -0.25) is 9.59 Å². The van der Waals surface area contributed by atoms with Gasteiger partial charge < -0.3 is 20.6 Å². The van der Waals surface area contributed by atoms with Gasteiger partial charge in [0.25, 0.3) is 0 Å². The Morgan fingerprint density at radius 3 is 2.59 bits per heavy atom. The van der Waals surface area contributed by atoms with Crippen LogP contribution in [0.5, 0.6) is 5.75 Å². The van der Waals surface area contributed by atoms with E-state index in [1.165, 1.54) is 0 Å². The zero-order chi connectivity index (χ0) is 24.6. The Labute approximate surface area is 203 Å². The molecule has 0 saturated carbocycles. The van der Waals surface area contributed by atoms with Crippen molar-refractivity contribution in [1.29, 1.82) is 0 Å². The lowest BCUT2D eigenvalue weighted by Gasteiger charge is -2.45. The number of nitrogens with zero attached hydrogens (tertiary/aromatic N) is 1. The third-order valence-electron chi connectivity index (χ3n) is 7.24. The van der Waals surface area contributed by atoms with Crippen LogP contribution in [0.25, 0.3) is 0 Å². The van der Waals surface area contributed by atoms with Crippen molar-refractivity contribution < 1.29 is 14.7 Å². The maximum absolute atomic E-state index is 13.1. The van der Waals surface area contributed by atoms with Crippen molar-refractivity contribution in [3.8, 4) is 5.75 Å². The minimum Gasteiger partial charge on any atom is -0.508 e. The first-order valence-electron chi connectivity index (χ1n) is 12.4. The number of amides is 2. The van der Waals surface area contributed by atoms with Crippen LogP contribution in [0.15, 0.2) is 54.6 Å². The summed E-state index contributed by atoms with van der Waals surface area (Å²) in [5.74, 6) is 0.199. The number of hydrogen-bond acceptors (Lipinski definition) is 4. The zero-order valence-corrected chi connectivity index (χ0v) is 20.7. The van der Waals surface area contributed by atoms with E-state index >= 15 is 0 Å². The number of hydrogen-bond donors (Lipinski definition) is 3. The van der Waals surface area contributed by atoms with Crippen molar-refractivity contribution in [1.82, 2.24) is 15.5 Å². The van der Waals surface area contributed by atoms with E-state index in [-0.39, 0.29) is 29.7 Å². The highest BCUT2D eigenvalue weighted by atomic mass is 16.3. The summed E-state index contributed by atoms with van der Waals surface area (Å²) >= 11 is 0. The van der Waals surface area contributed by atoms with Gasteiger partial charge in [0, 0.05) is 19.6 Å². The highest BCUT2D eigenvalue weighted by Crippen LogP contribution is 2.40. The minimum atomic E-state index is -0.237. The van der Waals surface area contributed by atoms with Crippen molar-refractivity contribution in [2.75, 3.05) is 32.7 Å². The van der Waals surface area contributed by atoms with Gasteiger partial charge in [-0.25, -0.2) is 0 Å². The molecule has 1 aliphatic heterocycles. The lowest BCUT2D eigenvalue weighted by molar-refractivity contribution is -0.129. The molecule has 1 fully saturated rings. The van der Waals surface area contributed by atoms with E-state index in [0.717, 1.165) is 37.1 Å². The van der Waals surface area contributed by atoms with E-state index in [2.05, 4.69) is 35.4 Å². The van der Waals surface area contributed by atoms with E-state index < -0.39 is 0 Å². The summed E-state index contributed by atoms with van der Waals surface area (Å²) < 4.78 is 0. The first kappa shape index (κ1) is 25.8. The second kappa shape index (κ2) is 12.0. The van der Waals surface area contributed by atoms with E-state index in [1.54, 1.807) is 6.07 Å². The van der Waals surface area contributed by atoms with Gasteiger partial charge in [-0.05, 0) is 60.4 Å². The summed E-state index contributed by atoms with van der Waals surface area (Å²) in [6.07, 6.45) is 2.46. The van der Waals surface area contributed by atoms with Crippen LogP contribution in [-0.2, 0) is 21.4 Å². The molecule has 2 aromatic rings. The molecule has 0 bridgehead atoms. The second-order valence-corrected chi connectivity index (χ2v) is 9.83. The quantitative estimate of drug-likeness (QED) is 0.502. The smallest absolute Gasteiger partial charge is 0.239 e. The fourth-order valence-electron chi connectivity index (χ4n) is 4.86. The Kier molecular flexibility index (Phi) is 9.11. The summed E-state index contributed by atoms with van der Waals surface area (Å²) in [4.78, 5) is 27.5. The van der Waals surface area contributed by atoms with Gasteiger partial charge in [-0.1, -0.05) is 63.2 Å². The molecule has 0 aliphatic carbocycles. The summed E-state index contributed by atoms with van der Waals surface area (Å²) in [7, 11) is 0. The van der Waals surface area contributed by atoms with Crippen LogP contribution in [0.1, 0.15) is 44.7 Å². The van der Waals surface area contributed by atoms with Gasteiger partial charge in [-0.2, -0.15) is 0 Å². The molecule has 0 aromatic heterocycles. The first-order valence-corrected chi connectivity index (χ1v) is 12.4. The number of aromatic hydroxyl groups is 1. The molecule has 3 unspecified atom stereocenters. The number of phenols is 1. The topological polar surface area (TPSA) is 81.7 Å². The fraction of sp³-hybridized carbons (Fsp3) is 0.500. The number of nitrogens with one attached hydrogen (secondary N) is 2.